The maximum Gasteiger partial charge on any atom is 0.176 e. The predicted octanol–water partition coefficient (Wildman–Crippen LogP) is 2.25. The molecule has 0 N–H and O–H groups in total. The summed E-state index contributed by atoms with van der Waals surface area (Å²) in [6.45, 7) is 0. The zero-order valence-electron chi connectivity index (χ0n) is 9.73. The van der Waals surface area contributed by atoms with Gasteiger partial charge in [-0.1, -0.05) is 0 Å². The molecule has 3 nitrogen and oxygen atoms in total. The van der Waals surface area contributed by atoms with E-state index in [0.717, 1.165) is 18.6 Å². The number of fused-ring (bicyclic) bond motifs is 1. The summed E-state index contributed by atoms with van der Waals surface area (Å²) in [6, 6.07) is 7.02. The highest BCUT2D eigenvalue weighted by Gasteiger charge is 2.67. The van der Waals surface area contributed by atoms with Gasteiger partial charge in [0.15, 0.2) is 5.78 Å². The predicted molar refractivity (Wildman–Crippen MR) is 62.1 cm³/mol. The van der Waals surface area contributed by atoms with Crippen LogP contribution in [0.15, 0.2) is 24.3 Å². The van der Waals surface area contributed by atoms with E-state index in [1.165, 1.54) is 0 Å². The second-order valence-electron chi connectivity index (χ2n) is 4.89. The Bertz CT molecular complexity index is 489. The quantitative estimate of drug-likeness (QED) is 0.591. The Morgan fingerprint density at radius 3 is 2.53 bits per heavy atom. The molecule has 0 heterocycles. The molecule has 2 fully saturated rings. The lowest BCUT2D eigenvalue weighted by molar-refractivity contribution is -0.121. The van der Waals surface area contributed by atoms with E-state index in [9.17, 15) is 9.59 Å². The number of benzene rings is 1. The second-order valence-corrected chi connectivity index (χ2v) is 4.89. The zero-order valence-corrected chi connectivity index (χ0v) is 9.73. The van der Waals surface area contributed by atoms with Crippen LogP contribution in [0.4, 0.5) is 0 Å². The molecule has 3 heteroatoms. The molecule has 0 aromatic heterocycles. The molecular weight excluding hydrogens is 216 g/mol. The van der Waals surface area contributed by atoms with Crippen molar-refractivity contribution in [1.29, 1.82) is 0 Å². The van der Waals surface area contributed by atoms with E-state index >= 15 is 0 Å². The lowest BCUT2D eigenvalue weighted by Gasteiger charge is -2.10. The minimum absolute atomic E-state index is 0.00709. The molecule has 88 valence electrons. The fourth-order valence-electron chi connectivity index (χ4n) is 2.95. The highest BCUT2D eigenvalue weighted by molar-refractivity contribution is 6.18. The van der Waals surface area contributed by atoms with Gasteiger partial charge in [-0.05, 0) is 43.0 Å². The number of Topliss-reactive ketones (excluding diaryl/α,β-unsaturated/α-hetero) is 2. The Balaban J connectivity index is 1.89. The van der Waals surface area contributed by atoms with Crippen LogP contribution in [0.3, 0.4) is 0 Å². The number of carbonyl (C=O) groups is 2. The molecule has 0 bridgehead atoms. The smallest absolute Gasteiger partial charge is 0.176 e. The largest absolute Gasteiger partial charge is 0.497 e. The molecule has 3 rings (SSSR count). The molecule has 0 saturated heterocycles. The van der Waals surface area contributed by atoms with Gasteiger partial charge in [-0.2, -0.15) is 0 Å². The molecule has 17 heavy (non-hydrogen) atoms. The summed E-state index contributed by atoms with van der Waals surface area (Å²) in [4.78, 5) is 24.2. The van der Waals surface area contributed by atoms with Gasteiger partial charge >= 0.3 is 0 Å². The Kier molecular flexibility index (Phi) is 2.12. The monoisotopic (exact) mass is 230 g/mol. The first-order valence-corrected chi connectivity index (χ1v) is 5.90. The maximum absolute atomic E-state index is 12.4. The highest BCUT2D eigenvalue weighted by Crippen LogP contribution is 2.62. The molecule has 0 amide bonds. The molecule has 0 radical (unpaired) electrons. The van der Waals surface area contributed by atoms with E-state index in [-0.39, 0.29) is 11.6 Å². The molecule has 2 aliphatic carbocycles. The van der Waals surface area contributed by atoms with E-state index in [4.69, 9.17) is 4.74 Å². The number of methoxy groups -OCH3 is 1. The minimum atomic E-state index is -0.644. The SMILES string of the molecule is COc1ccc(C(=O)C23CC2CCC3=O)cc1. The molecule has 0 aliphatic heterocycles. The van der Waals surface area contributed by atoms with Crippen molar-refractivity contribution in [1.82, 2.24) is 0 Å². The van der Waals surface area contributed by atoms with E-state index in [1.807, 2.05) is 0 Å². The second kappa shape index (κ2) is 3.42. The topological polar surface area (TPSA) is 43.4 Å². The first-order chi connectivity index (χ1) is 8.18. The summed E-state index contributed by atoms with van der Waals surface area (Å²) < 4.78 is 5.05. The number of ether oxygens (including phenoxy) is 1. The summed E-state index contributed by atoms with van der Waals surface area (Å²) in [7, 11) is 1.59. The van der Waals surface area contributed by atoms with E-state index in [1.54, 1.807) is 31.4 Å². The van der Waals surface area contributed by atoms with Crippen molar-refractivity contribution >= 4 is 11.6 Å². The molecular formula is C14H14O3. The van der Waals surface area contributed by atoms with Crippen molar-refractivity contribution < 1.29 is 14.3 Å². The summed E-state index contributed by atoms with van der Waals surface area (Å²) in [5.74, 6) is 1.18. The average molecular weight is 230 g/mol. The third kappa shape index (κ3) is 1.35. The van der Waals surface area contributed by atoms with Crippen LogP contribution in [0.25, 0.3) is 0 Å². The minimum Gasteiger partial charge on any atom is -0.497 e. The molecule has 1 aromatic carbocycles. The van der Waals surface area contributed by atoms with Crippen LogP contribution in [0, 0.1) is 11.3 Å². The highest BCUT2D eigenvalue weighted by atomic mass is 16.5. The van der Waals surface area contributed by atoms with Gasteiger partial charge in [-0.25, -0.2) is 0 Å². The lowest BCUT2D eigenvalue weighted by atomic mass is 9.91. The summed E-state index contributed by atoms with van der Waals surface area (Å²) >= 11 is 0. The average Bonchev–Trinajstić information content (AvgIpc) is 3.03. The van der Waals surface area contributed by atoms with Gasteiger partial charge in [-0.15, -0.1) is 0 Å². The number of hydrogen-bond acceptors (Lipinski definition) is 3. The fraction of sp³-hybridized carbons (Fsp3) is 0.429. The van der Waals surface area contributed by atoms with Crippen molar-refractivity contribution in [2.24, 2.45) is 11.3 Å². The van der Waals surface area contributed by atoms with Crippen LogP contribution in [0.5, 0.6) is 5.75 Å². The van der Waals surface area contributed by atoms with Crippen molar-refractivity contribution in [3.8, 4) is 5.75 Å². The van der Waals surface area contributed by atoms with Gasteiger partial charge in [0.1, 0.15) is 11.5 Å². The maximum atomic E-state index is 12.4. The van der Waals surface area contributed by atoms with Gasteiger partial charge in [0, 0.05) is 12.0 Å². The Hall–Kier alpha value is -1.64. The molecule has 0 spiro atoms. The van der Waals surface area contributed by atoms with Crippen LogP contribution >= 0.6 is 0 Å². The van der Waals surface area contributed by atoms with E-state index < -0.39 is 5.41 Å². The van der Waals surface area contributed by atoms with Gasteiger partial charge in [0.25, 0.3) is 0 Å². The van der Waals surface area contributed by atoms with E-state index in [2.05, 4.69) is 0 Å². The molecule has 2 aliphatic rings. The molecule has 2 unspecified atom stereocenters. The van der Waals surface area contributed by atoms with Crippen LogP contribution in [-0.2, 0) is 4.79 Å². The van der Waals surface area contributed by atoms with Crippen LogP contribution < -0.4 is 4.74 Å². The van der Waals surface area contributed by atoms with Crippen molar-refractivity contribution in [2.45, 2.75) is 19.3 Å². The molecule has 2 atom stereocenters. The zero-order chi connectivity index (χ0) is 12.0. The van der Waals surface area contributed by atoms with Gasteiger partial charge in [0.2, 0.25) is 0 Å². The molecule has 2 saturated carbocycles. The van der Waals surface area contributed by atoms with Gasteiger partial charge in [0.05, 0.1) is 12.5 Å². The summed E-state index contributed by atoms with van der Waals surface area (Å²) in [5, 5.41) is 0. The Labute approximate surface area is 99.8 Å². The van der Waals surface area contributed by atoms with Crippen LogP contribution in [-0.4, -0.2) is 18.7 Å². The molecule has 1 aromatic rings. The Morgan fingerprint density at radius 2 is 2.06 bits per heavy atom. The van der Waals surface area contributed by atoms with Gasteiger partial charge in [-0.3, -0.25) is 9.59 Å². The number of carbonyl (C=O) groups excluding carboxylic acids is 2. The third-order valence-electron chi connectivity index (χ3n) is 4.08. The number of hydrogen-bond donors (Lipinski definition) is 0. The van der Waals surface area contributed by atoms with E-state index in [0.29, 0.717) is 17.9 Å². The van der Waals surface area contributed by atoms with Crippen molar-refractivity contribution in [3.63, 3.8) is 0 Å². The number of rotatable bonds is 3. The van der Waals surface area contributed by atoms with Gasteiger partial charge < -0.3 is 4.74 Å². The normalized spacial score (nSPS) is 29.9. The Morgan fingerprint density at radius 1 is 1.35 bits per heavy atom. The summed E-state index contributed by atoms with van der Waals surface area (Å²) in [6.07, 6.45) is 2.23. The summed E-state index contributed by atoms with van der Waals surface area (Å²) in [5.41, 5.74) is -0.0160. The van der Waals surface area contributed by atoms with Crippen LogP contribution in [0.1, 0.15) is 29.6 Å². The fourth-order valence-corrected chi connectivity index (χ4v) is 2.95. The van der Waals surface area contributed by atoms with Crippen molar-refractivity contribution in [3.05, 3.63) is 29.8 Å². The first kappa shape index (κ1) is 10.5. The number of ketones is 2. The van der Waals surface area contributed by atoms with Crippen LogP contribution in [0.2, 0.25) is 0 Å². The van der Waals surface area contributed by atoms with Crippen molar-refractivity contribution in [2.75, 3.05) is 7.11 Å². The first-order valence-electron chi connectivity index (χ1n) is 5.90. The lowest BCUT2D eigenvalue weighted by Crippen LogP contribution is -2.24. The standard InChI is InChI=1S/C14H14O3/c1-17-11-5-2-9(3-6-11)13(16)14-8-10(14)4-7-12(14)15/h2-3,5-6,10H,4,7-8H2,1H3. The third-order valence-corrected chi connectivity index (χ3v) is 4.08.